The summed E-state index contributed by atoms with van der Waals surface area (Å²) >= 11 is 5.55. The van der Waals surface area contributed by atoms with Crippen molar-refractivity contribution in [3.8, 4) is 11.5 Å². The fourth-order valence-electron chi connectivity index (χ4n) is 3.83. The van der Waals surface area contributed by atoms with Crippen LogP contribution in [0.15, 0.2) is 30.6 Å². The van der Waals surface area contributed by atoms with Crippen molar-refractivity contribution in [3.05, 3.63) is 47.2 Å². The Morgan fingerprint density at radius 1 is 1.19 bits per heavy atom. The molecule has 2 aromatic carbocycles. The summed E-state index contributed by atoms with van der Waals surface area (Å²) in [5, 5.41) is 12.4. The van der Waals surface area contributed by atoms with E-state index in [-0.39, 0.29) is 42.0 Å². The molecular weight excluding hydrogens is 516 g/mol. The molecule has 2 N–H and O–H groups in total. The van der Waals surface area contributed by atoms with E-state index in [4.69, 9.17) is 21.1 Å². The van der Waals surface area contributed by atoms with Gasteiger partial charge in [0.05, 0.1) is 44.1 Å². The van der Waals surface area contributed by atoms with E-state index in [1.807, 2.05) is 18.7 Å². The summed E-state index contributed by atoms with van der Waals surface area (Å²) in [6, 6.07) is 5.41. The lowest BCUT2D eigenvalue weighted by Gasteiger charge is -2.41. The van der Waals surface area contributed by atoms with Gasteiger partial charge in [0.1, 0.15) is 23.0 Å². The molecule has 2 aliphatic heterocycles. The number of piperidine rings is 1. The molecule has 12 heteroatoms. The smallest absolute Gasteiger partial charge is 0.260 e. The second-order valence-electron chi connectivity index (χ2n) is 8.23. The van der Waals surface area contributed by atoms with Crippen LogP contribution >= 0.6 is 11.6 Å². The highest BCUT2D eigenvalue weighted by molar-refractivity contribution is 6.31. The number of likely N-dealkylation sites (tertiary alicyclic amines) is 1. The summed E-state index contributed by atoms with van der Waals surface area (Å²) in [6.07, 6.45) is 1.94. The van der Waals surface area contributed by atoms with Gasteiger partial charge in [0, 0.05) is 17.9 Å². The second-order valence-corrected chi connectivity index (χ2v) is 8.61. The minimum Gasteiger partial charge on any atom is -0.504 e. The third kappa shape index (κ3) is 6.91. The minimum atomic E-state index is -2.46. The van der Waals surface area contributed by atoms with E-state index < -0.39 is 22.6 Å². The molecule has 0 radical (unpaired) electrons. The molecule has 5 rings (SSSR count). The number of alkyl halides is 2. The standard InChI is InChI=1S/C15H10ClF2N3O2.C8H13F2NO.C2H6/c1-23-12-5-10-7(4-11(12)22)15(20-6-19-10)21-9-3-2-8(17)13(16)14(9)18;9-8(10)2-1-3-11(6-8)7-4-12-5-7;1-2/h2-6,22H,1H3,(H,19,20,21);7H,1-6H2;1-2H3. The number of benzene rings is 2. The molecule has 0 unspecified atom stereocenters. The summed E-state index contributed by atoms with van der Waals surface area (Å²) in [4.78, 5) is 9.93. The number of halogens is 5. The van der Waals surface area contributed by atoms with E-state index in [1.165, 1.54) is 31.6 Å². The average molecular weight is 545 g/mol. The molecule has 202 valence electrons. The molecule has 3 aromatic rings. The SMILES string of the molecule is CC.COc1cc2ncnc(Nc3ccc(F)c(Cl)c3F)c2cc1O.FC1(F)CCCN(C2COC2)C1. The van der Waals surface area contributed by atoms with E-state index >= 15 is 0 Å². The number of hydrogen-bond acceptors (Lipinski definition) is 7. The number of nitrogens with one attached hydrogen (secondary N) is 1. The van der Waals surface area contributed by atoms with Crippen molar-refractivity contribution in [2.45, 2.75) is 38.7 Å². The van der Waals surface area contributed by atoms with Gasteiger partial charge >= 0.3 is 0 Å². The third-order valence-electron chi connectivity index (χ3n) is 5.78. The normalized spacial score (nSPS) is 17.1. The Morgan fingerprint density at radius 3 is 2.54 bits per heavy atom. The summed E-state index contributed by atoms with van der Waals surface area (Å²) < 4.78 is 63.0. The molecule has 0 saturated carbocycles. The Labute approximate surface area is 217 Å². The first-order valence-corrected chi connectivity index (χ1v) is 12.2. The molecule has 2 saturated heterocycles. The maximum absolute atomic E-state index is 14.0. The Hall–Kier alpha value is -2.89. The van der Waals surface area contributed by atoms with Crippen LogP contribution in [0.4, 0.5) is 29.1 Å². The Balaban J connectivity index is 0.000000228. The Morgan fingerprint density at radius 2 is 1.92 bits per heavy atom. The first-order valence-electron chi connectivity index (χ1n) is 11.8. The molecule has 0 bridgehead atoms. The molecular formula is C25H29ClF4N4O3. The zero-order chi connectivity index (χ0) is 27.2. The topological polar surface area (TPSA) is 79.7 Å². The fraction of sp³-hybridized carbons (Fsp3) is 0.440. The summed E-state index contributed by atoms with van der Waals surface area (Å²) in [5.41, 5.74) is 0.428. The molecule has 37 heavy (non-hydrogen) atoms. The number of rotatable bonds is 4. The van der Waals surface area contributed by atoms with Crippen LogP contribution in [0.1, 0.15) is 26.7 Å². The quantitative estimate of drug-likeness (QED) is 0.301. The van der Waals surface area contributed by atoms with Gasteiger partial charge in [0.25, 0.3) is 5.92 Å². The zero-order valence-corrected chi connectivity index (χ0v) is 21.5. The van der Waals surface area contributed by atoms with Crippen molar-refractivity contribution in [1.82, 2.24) is 14.9 Å². The van der Waals surface area contributed by atoms with Crippen LogP contribution in [0.5, 0.6) is 11.5 Å². The number of methoxy groups -OCH3 is 1. The van der Waals surface area contributed by atoms with E-state index in [0.717, 1.165) is 12.6 Å². The van der Waals surface area contributed by atoms with E-state index in [9.17, 15) is 22.7 Å². The van der Waals surface area contributed by atoms with Gasteiger partial charge in [-0.2, -0.15) is 0 Å². The van der Waals surface area contributed by atoms with Gasteiger partial charge in [0.15, 0.2) is 17.3 Å². The first-order chi connectivity index (χ1) is 17.7. The van der Waals surface area contributed by atoms with Crippen LogP contribution in [-0.2, 0) is 4.74 Å². The highest BCUT2D eigenvalue weighted by Gasteiger charge is 2.39. The summed E-state index contributed by atoms with van der Waals surface area (Å²) in [5.74, 6) is -3.89. The molecule has 1 aromatic heterocycles. The lowest BCUT2D eigenvalue weighted by atomic mass is 10.0. The van der Waals surface area contributed by atoms with Crippen LogP contribution in [0.2, 0.25) is 5.02 Å². The highest BCUT2D eigenvalue weighted by atomic mass is 35.5. The van der Waals surface area contributed by atoms with Crippen LogP contribution < -0.4 is 10.1 Å². The predicted molar refractivity (Wildman–Crippen MR) is 134 cm³/mol. The molecule has 0 spiro atoms. The van der Waals surface area contributed by atoms with Crippen LogP contribution in [0.3, 0.4) is 0 Å². The van der Waals surface area contributed by atoms with Crippen molar-refractivity contribution in [2.75, 3.05) is 38.7 Å². The molecule has 7 nitrogen and oxygen atoms in total. The van der Waals surface area contributed by atoms with E-state index in [1.54, 1.807) is 0 Å². The Bertz CT molecular complexity index is 1210. The summed E-state index contributed by atoms with van der Waals surface area (Å²) in [6.45, 7) is 6.01. The van der Waals surface area contributed by atoms with E-state index in [0.29, 0.717) is 30.5 Å². The number of fused-ring (bicyclic) bond motifs is 1. The molecule has 0 atom stereocenters. The largest absolute Gasteiger partial charge is 0.504 e. The number of nitrogens with zero attached hydrogens (tertiary/aromatic N) is 3. The number of anilines is 2. The van der Waals surface area contributed by atoms with Crippen LogP contribution in [-0.4, -0.2) is 65.4 Å². The second kappa shape index (κ2) is 12.6. The number of aromatic hydroxyl groups is 1. The molecule has 3 heterocycles. The van der Waals surface area contributed by atoms with Gasteiger partial charge in [-0.3, -0.25) is 4.90 Å². The number of phenols is 1. The third-order valence-corrected chi connectivity index (χ3v) is 6.13. The van der Waals surface area contributed by atoms with Crippen molar-refractivity contribution < 1.29 is 32.1 Å². The van der Waals surface area contributed by atoms with Crippen molar-refractivity contribution in [3.63, 3.8) is 0 Å². The van der Waals surface area contributed by atoms with Gasteiger partial charge in [-0.1, -0.05) is 25.4 Å². The highest BCUT2D eigenvalue weighted by Crippen LogP contribution is 2.35. The van der Waals surface area contributed by atoms with Gasteiger partial charge < -0.3 is 19.9 Å². The summed E-state index contributed by atoms with van der Waals surface area (Å²) in [7, 11) is 1.41. The lowest BCUT2D eigenvalue weighted by Crippen LogP contribution is -2.55. The van der Waals surface area contributed by atoms with Gasteiger partial charge in [-0.15, -0.1) is 0 Å². The molecule has 2 fully saturated rings. The first kappa shape index (κ1) is 28.7. The Kier molecular flexibility index (Phi) is 9.74. The van der Waals surface area contributed by atoms with Crippen LogP contribution in [0.25, 0.3) is 10.9 Å². The number of aromatic nitrogens is 2. The van der Waals surface area contributed by atoms with Crippen molar-refractivity contribution >= 4 is 34.0 Å². The number of phenolic OH excluding ortho intramolecular Hbond substituents is 1. The average Bonchev–Trinajstić information content (AvgIpc) is 2.84. The van der Waals surface area contributed by atoms with Gasteiger partial charge in [-0.05, 0) is 31.2 Å². The monoisotopic (exact) mass is 544 g/mol. The van der Waals surface area contributed by atoms with Crippen molar-refractivity contribution in [2.24, 2.45) is 0 Å². The van der Waals surface area contributed by atoms with E-state index in [2.05, 4.69) is 15.3 Å². The zero-order valence-electron chi connectivity index (χ0n) is 20.7. The predicted octanol–water partition coefficient (Wildman–Crippen LogP) is 6.16. The van der Waals surface area contributed by atoms with Crippen LogP contribution in [0, 0.1) is 11.6 Å². The van der Waals surface area contributed by atoms with Gasteiger partial charge in [-0.25, -0.2) is 27.5 Å². The van der Waals surface area contributed by atoms with Gasteiger partial charge in [0.2, 0.25) is 0 Å². The molecule has 2 aliphatic rings. The number of hydrogen-bond donors (Lipinski definition) is 2. The molecule has 0 aliphatic carbocycles. The lowest BCUT2D eigenvalue weighted by molar-refractivity contribution is -0.126. The maximum atomic E-state index is 14.0. The minimum absolute atomic E-state index is 0.0493. The molecule has 0 amide bonds. The van der Waals surface area contributed by atoms with Crippen molar-refractivity contribution in [1.29, 1.82) is 0 Å². The fourth-order valence-corrected chi connectivity index (χ4v) is 3.99. The maximum Gasteiger partial charge on any atom is 0.260 e. The number of ether oxygens (including phenoxy) is 2.